The van der Waals surface area contributed by atoms with Crippen molar-refractivity contribution in [1.82, 2.24) is 44.4 Å². The number of aliphatic hydroxyl groups excluding tert-OH is 2. The number of ether oxygens (including phenoxy) is 2. The number of aliphatic hydroxyl groups is 2. The minimum Gasteiger partial charge on any atom is -0.492 e. The number of nitrogens with zero attached hydrogens (tertiary/aromatic N) is 9. The number of carbonyl (C=O) groups excluding carboxylic acids is 1. The Kier molecular flexibility index (Phi) is 12.2. The molecule has 4 aromatic carbocycles. The molecule has 1 amide bonds. The monoisotopic (exact) mass is 943 g/mol. The fourth-order valence-corrected chi connectivity index (χ4v) is 8.44. The minimum absolute atomic E-state index is 0.0117. The molecule has 3 fully saturated rings. The summed E-state index contributed by atoms with van der Waals surface area (Å²) in [4.78, 5) is 66.8. The molecule has 0 bridgehead atoms. The van der Waals surface area contributed by atoms with Crippen molar-refractivity contribution in [3.05, 3.63) is 127 Å². The van der Waals surface area contributed by atoms with Gasteiger partial charge < -0.3 is 39.7 Å². The van der Waals surface area contributed by atoms with E-state index in [1.807, 2.05) is 0 Å². The predicted molar refractivity (Wildman–Crippen MR) is 252 cm³/mol. The summed E-state index contributed by atoms with van der Waals surface area (Å²) in [7, 11) is 0. The van der Waals surface area contributed by atoms with Gasteiger partial charge in [0.2, 0.25) is 16.8 Å². The number of aliphatic carboxylic acids is 1. The maximum atomic E-state index is 13.2. The van der Waals surface area contributed by atoms with Crippen LogP contribution in [0, 0.1) is 34.5 Å². The number of hydrogen-bond acceptors (Lipinski definition) is 14. The largest absolute Gasteiger partial charge is 0.492 e. The Morgan fingerprint density at radius 2 is 1.11 bits per heavy atom. The zero-order chi connectivity index (χ0) is 48.6. The molecule has 0 spiro atoms. The number of fused-ring (bicyclic) bond motifs is 4. The number of aromatic amines is 2. The topological polar surface area (TPSA) is 291 Å². The molecule has 20 nitrogen and oxygen atoms in total. The maximum absolute atomic E-state index is 13.2. The van der Waals surface area contributed by atoms with Crippen LogP contribution in [0.2, 0.25) is 0 Å². The number of carboxylic acid groups (broad SMARTS) is 1. The minimum atomic E-state index is -1.12. The van der Waals surface area contributed by atoms with Crippen LogP contribution >= 0.6 is 0 Å². The van der Waals surface area contributed by atoms with Crippen LogP contribution in [0.5, 0.6) is 11.5 Å². The zero-order valence-corrected chi connectivity index (χ0v) is 37.5. The summed E-state index contributed by atoms with van der Waals surface area (Å²) in [5.74, 6) is 1.75. The third kappa shape index (κ3) is 9.63. The lowest BCUT2D eigenvalue weighted by molar-refractivity contribution is -0.136. The van der Waals surface area contributed by atoms with Crippen LogP contribution in [0.1, 0.15) is 59.8 Å². The van der Waals surface area contributed by atoms with Gasteiger partial charge in [-0.05, 0) is 73.9 Å². The molecule has 2 atom stereocenters. The fraction of sp³-hybridized carbons (Fsp3) is 0.320. The molecular weight excluding hydrogens is 899 g/mol. The summed E-state index contributed by atoms with van der Waals surface area (Å²) in [6.07, 6.45) is 1.87. The van der Waals surface area contributed by atoms with Crippen molar-refractivity contribution in [2.75, 3.05) is 26.3 Å². The Morgan fingerprint density at radius 1 is 0.671 bits per heavy atom. The smallest absolute Gasteiger partial charge is 0.309 e. The molecule has 11 rings (SSSR count). The van der Waals surface area contributed by atoms with Crippen molar-refractivity contribution in [3.63, 3.8) is 0 Å². The van der Waals surface area contributed by atoms with Crippen molar-refractivity contribution in [3.8, 4) is 23.6 Å². The molecular formula is C50H45N11O9. The molecule has 5 heterocycles. The molecule has 70 heavy (non-hydrogen) atoms. The van der Waals surface area contributed by atoms with Crippen LogP contribution in [0.3, 0.4) is 0 Å². The van der Waals surface area contributed by atoms with Gasteiger partial charge in [-0.2, -0.15) is 20.7 Å². The van der Waals surface area contributed by atoms with E-state index in [0.717, 1.165) is 25.7 Å². The van der Waals surface area contributed by atoms with Gasteiger partial charge in [0, 0.05) is 36.0 Å². The van der Waals surface area contributed by atoms with Crippen molar-refractivity contribution in [1.29, 1.82) is 10.5 Å². The van der Waals surface area contributed by atoms with Crippen LogP contribution in [0.4, 0.5) is 0 Å². The number of β-amino-alcohol motifs (C(OH)–C–C–N with tert-alkyl or cyclic N) is 2. The van der Waals surface area contributed by atoms with Gasteiger partial charge in [-0.1, -0.05) is 24.3 Å². The average molecular weight is 944 g/mol. The number of nitrogens with one attached hydrogen (secondary N) is 2. The van der Waals surface area contributed by atoms with Crippen molar-refractivity contribution in [2.45, 2.75) is 63.8 Å². The summed E-state index contributed by atoms with van der Waals surface area (Å²) in [6.45, 7) is 1.59. The summed E-state index contributed by atoms with van der Waals surface area (Å²) in [5, 5.41) is 57.5. The second-order valence-corrected chi connectivity index (χ2v) is 17.9. The Labute approximate surface area is 397 Å². The maximum Gasteiger partial charge on any atom is 0.309 e. The zero-order valence-electron chi connectivity index (χ0n) is 37.5. The summed E-state index contributed by atoms with van der Waals surface area (Å²) >= 11 is 0. The lowest BCUT2D eigenvalue weighted by atomic mass is 10.1. The van der Waals surface area contributed by atoms with Gasteiger partial charge in [-0.15, -0.1) is 0 Å². The Morgan fingerprint density at radius 3 is 1.54 bits per heavy atom. The first-order valence-electron chi connectivity index (χ1n) is 22.9. The highest BCUT2D eigenvalue weighted by molar-refractivity contribution is 5.84. The summed E-state index contributed by atoms with van der Waals surface area (Å²) in [6, 6.07) is 25.2. The van der Waals surface area contributed by atoms with Crippen LogP contribution < -0.4 is 20.3 Å². The molecule has 2 saturated carbocycles. The van der Waals surface area contributed by atoms with Gasteiger partial charge in [-0.25, -0.2) is 9.97 Å². The number of imidazole rings is 2. The van der Waals surface area contributed by atoms with E-state index in [1.165, 1.54) is 4.90 Å². The second kappa shape index (κ2) is 18.9. The van der Waals surface area contributed by atoms with E-state index in [1.54, 1.807) is 82.2 Å². The van der Waals surface area contributed by atoms with Crippen LogP contribution in [0.25, 0.3) is 43.9 Å². The van der Waals surface area contributed by atoms with Crippen LogP contribution in [0.15, 0.2) is 82.4 Å². The van der Waals surface area contributed by atoms with Gasteiger partial charge in [0.05, 0.1) is 95.6 Å². The highest BCUT2D eigenvalue weighted by Gasteiger charge is 2.33. The molecule has 3 aliphatic rings. The third-order valence-electron chi connectivity index (χ3n) is 12.6. The summed E-state index contributed by atoms with van der Waals surface area (Å²) < 4.78 is 14.9. The molecule has 20 heteroatoms. The number of hydrogen-bond donors (Lipinski definition) is 5. The Bertz CT molecular complexity index is 3570. The molecule has 8 aromatic rings. The Hall–Kier alpha value is -8.46. The number of para-hydroxylation sites is 2. The van der Waals surface area contributed by atoms with Crippen LogP contribution in [-0.2, 0) is 35.5 Å². The highest BCUT2D eigenvalue weighted by atomic mass is 16.5. The Balaban J connectivity index is 0.000000165. The van der Waals surface area contributed by atoms with Crippen molar-refractivity contribution in [2.24, 2.45) is 11.8 Å². The fourth-order valence-electron chi connectivity index (χ4n) is 8.44. The van der Waals surface area contributed by atoms with E-state index in [2.05, 4.69) is 42.3 Å². The number of H-pyrrole nitrogens is 2. The van der Waals surface area contributed by atoms with Crippen molar-refractivity contribution >= 4 is 55.7 Å². The van der Waals surface area contributed by atoms with E-state index in [9.17, 15) is 39.9 Å². The molecule has 0 unspecified atom stereocenters. The molecule has 0 radical (unpaired) electrons. The van der Waals surface area contributed by atoms with E-state index in [4.69, 9.17) is 14.6 Å². The normalized spacial score (nSPS) is 16.5. The summed E-state index contributed by atoms with van der Waals surface area (Å²) in [5.41, 5.74) is 4.02. The number of aromatic nitrogens is 8. The first-order valence-corrected chi connectivity index (χ1v) is 22.9. The molecule has 354 valence electrons. The number of nitriles is 2. The SMILES string of the molecule is N#Cc1cc2[nH]c(Cn3nc(CC(=O)N4C[C@H](O)[C@@H](O)C4)c(=O)c4ccccc43)nc2cc1OCC1CC1.N#Cc1cc2[nH]c(Cn3nc(CC(=O)O)c(=O)c4ccccc43)nc2cc1OCC1CC1. The third-order valence-corrected chi connectivity index (χ3v) is 12.6. The first kappa shape index (κ1) is 45.3. The van der Waals surface area contributed by atoms with Gasteiger partial charge in [0.15, 0.2) is 0 Å². The average Bonchev–Trinajstić information content (AvgIpc) is 4.27. The number of carboxylic acids is 1. The number of amides is 1. The number of likely N-dealkylation sites (tertiary alicyclic amines) is 1. The van der Waals surface area contributed by atoms with E-state index < -0.39 is 30.5 Å². The second-order valence-electron chi connectivity index (χ2n) is 17.9. The molecule has 1 saturated heterocycles. The molecule has 1 aliphatic heterocycles. The van der Waals surface area contributed by atoms with Gasteiger partial charge >= 0.3 is 5.97 Å². The number of rotatable bonds is 14. The first-order chi connectivity index (χ1) is 33.9. The quantitative estimate of drug-likeness (QED) is 0.104. The van der Waals surface area contributed by atoms with Crippen molar-refractivity contribution < 1.29 is 34.4 Å². The molecule has 5 N–H and O–H groups in total. The van der Waals surface area contributed by atoms with Gasteiger partial charge in [0.25, 0.3) is 0 Å². The predicted octanol–water partition coefficient (Wildman–Crippen LogP) is 3.70. The number of benzene rings is 4. The molecule has 4 aromatic heterocycles. The lowest BCUT2D eigenvalue weighted by Gasteiger charge is -2.16. The number of carbonyl (C=O) groups is 2. The van der Waals surface area contributed by atoms with E-state index >= 15 is 0 Å². The van der Waals surface area contributed by atoms with E-state index in [-0.39, 0.29) is 54.8 Å². The van der Waals surface area contributed by atoms with Gasteiger partial charge in [-0.3, -0.25) is 28.5 Å². The van der Waals surface area contributed by atoms with Gasteiger partial charge in [0.1, 0.15) is 46.7 Å². The highest BCUT2D eigenvalue weighted by Crippen LogP contribution is 2.33. The van der Waals surface area contributed by atoms with Crippen LogP contribution in [-0.4, -0.2) is 110 Å². The molecule has 2 aliphatic carbocycles. The standard InChI is InChI=1S/C27H26N6O5.C23H19N5O4/c28-10-16-7-18-19(8-24(16)38-14-15-5-6-15)30-25(29-18)13-33-21-4-2-1-3-17(21)27(37)20(31-33)9-26(36)32-11-22(34)23(35)12-32;24-10-14-7-16-17(8-20(14)32-12-13-5-6-13)26-21(25-16)11-28-19-4-2-1-3-15(19)23(31)18(27-28)9-22(29)30/h1-4,7-8,15,22-23,34-35H,5-6,9,11-14H2,(H,29,30);1-4,7-8,13H,5-6,9,11-12H2,(H,25,26)(H,29,30)/t22-,23-;/m0./s1. The lowest BCUT2D eigenvalue weighted by Crippen LogP contribution is -2.33. The van der Waals surface area contributed by atoms with E-state index in [0.29, 0.717) is 103 Å².